The molecule has 1 aromatic carbocycles. The number of fused-ring (bicyclic) bond motifs is 1. The van der Waals surface area contributed by atoms with Crippen molar-refractivity contribution in [1.82, 2.24) is 15.5 Å². The predicted molar refractivity (Wildman–Crippen MR) is 105 cm³/mol. The average Bonchev–Trinajstić information content (AvgIpc) is 3.02. The molecule has 158 valence electrons. The number of carbonyl (C=O) groups excluding carboxylic acids is 5. The molecule has 0 radical (unpaired) electrons. The van der Waals surface area contributed by atoms with Crippen LogP contribution in [0.5, 0.6) is 0 Å². The Morgan fingerprint density at radius 2 is 1.60 bits per heavy atom. The largest absolute Gasteiger partial charge is 0.446 e. The van der Waals surface area contributed by atoms with Crippen LogP contribution in [-0.2, 0) is 23.9 Å². The van der Waals surface area contributed by atoms with E-state index in [1.165, 1.54) is 14.0 Å². The number of carbonyl (C=O) groups is 5. The summed E-state index contributed by atoms with van der Waals surface area (Å²) in [5.41, 5.74) is 0.344. The fourth-order valence-corrected chi connectivity index (χ4v) is 3.67. The van der Waals surface area contributed by atoms with Gasteiger partial charge in [0.15, 0.2) is 0 Å². The van der Waals surface area contributed by atoms with Crippen molar-refractivity contribution in [3.05, 3.63) is 48.0 Å². The number of likely N-dealkylation sites (tertiary alicyclic amines) is 1. The Morgan fingerprint density at radius 1 is 1.03 bits per heavy atom. The minimum atomic E-state index is -1.42. The second-order valence-corrected chi connectivity index (χ2v) is 7.17. The van der Waals surface area contributed by atoms with Crippen LogP contribution >= 0.6 is 0 Å². The van der Waals surface area contributed by atoms with Crippen molar-refractivity contribution in [2.24, 2.45) is 11.8 Å². The van der Waals surface area contributed by atoms with Crippen molar-refractivity contribution in [1.29, 1.82) is 0 Å². The number of hydrogen-bond donors (Lipinski definition) is 2. The third-order valence-corrected chi connectivity index (χ3v) is 5.31. The Labute approximate surface area is 173 Å². The molecule has 1 aliphatic carbocycles. The first-order valence-electron chi connectivity index (χ1n) is 9.65. The zero-order valence-corrected chi connectivity index (χ0v) is 16.7. The highest BCUT2D eigenvalue weighted by atomic mass is 16.6. The maximum atomic E-state index is 12.8. The Balaban J connectivity index is 1.78. The molecular weight excluding hydrogens is 390 g/mol. The molecule has 30 heavy (non-hydrogen) atoms. The lowest BCUT2D eigenvalue weighted by Gasteiger charge is -2.24. The molecular formula is C21H23N3O6. The molecule has 4 atom stereocenters. The Kier molecular flexibility index (Phi) is 6.29. The first kappa shape index (κ1) is 21.2. The third kappa shape index (κ3) is 4.10. The molecule has 0 aromatic heterocycles. The van der Waals surface area contributed by atoms with E-state index >= 15 is 0 Å². The lowest BCUT2D eigenvalue weighted by Crippen LogP contribution is -2.46. The van der Waals surface area contributed by atoms with E-state index in [1.54, 1.807) is 30.3 Å². The molecule has 0 bridgehead atoms. The Hall–Kier alpha value is -3.49. The topological polar surface area (TPSA) is 122 Å². The monoisotopic (exact) mass is 413 g/mol. The van der Waals surface area contributed by atoms with Crippen LogP contribution in [0, 0.1) is 11.8 Å². The standard InChI is InChI=1S/C21H23N3O6/c1-12(24-18(26)14-10-6-7-11-15(14)19(24)27)20(28)30-16(13-8-4-3-5-9-13)17(25)23-21(29)22-2/h3-9,12,14-16H,10-11H2,1-2H3,(H2,22,23,25,29)/t12-,14-,15+,16+/m0/s1. The van der Waals surface area contributed by atoms with Crippen molar-refractivity contribution < 1.29 is 28.7 Å². The van der Waals surface area contributed by atoms with Gasteiger partial charge in [-0.25, -0.2) is 9.59 Å². The Morgan fingerprint density at radius 3 is 2.13 bits per heavy atom. The fourth-order valence-electron chi connectivity index (χ4n) is 3.67. The summed E-state index contributed by atoms with van der Waals surface area (Å²) in [6.07, 6.45) is 3.19. The average molecular weight is 413 g/mol. The molecule has 2 N–H and O–H groups in total. The summed E-state index contributed by atoms with van der Waals surface area (Å²) in [4.78, 5) is 63.2. The SMILES string of the molecule is CNC(=O)NC(=O)[C@H](OC(=O)[C@H](C)N1C(=O)[C@H]2CC=CC[C@H]2C1=O)c1ccccc1. The third-order valence-electron chi connectivity index (χ3n) is 5.31. The second-order valence-electron chi connectivity index (χ2n) is 7.17. The zero-order chi connectivity index (χ0) is 21.8. The van der Waals surface area contributed by atoms with E-state index in [2.05, 4.69) is 10.6 Å². The Bertz CT molecular complexity index is 871. The highest BCUT2D eigenvalue weighted by molar-refractivity contribution is 6.08. The molecule has 3 rings (SSSR count). The summed E-state index contributed by atoms with van der Waals surface area (Å²) >= 11 is 0. The number of imide groups is 2. The molecule has 1 heterocycles. The number of rotatable bonds is 5. The van der Waals surface area contributed by atoms with Gasteiger partial charge < -0.3 is 10.1 Å². The number of nitrogens with zero attached hydrogens (tertiary/aromatic N) is 1. The summed E-state index contributed by atoms with van der Waals surface area (Å²) in [5.74, 6) is -3.53. The van der Waals surface area contributed by atoms with E-state index in [1.807, 2.05) is 12.2 Å². The van der Waals surface area contributed by atoms with Crippen LogP contribution in [0.15, 0.2) is 42.5 Å². The number of esters is 1. The smallest absolute Gasteiger partial charge is 0.330 e. The van der Waals surface area contributed by atoms with Gasteiger partial charge in [-0.3, -0.25) is 24.6 Å². The van der Waals surface area contributed by atoms with Crippen LogP contribution < -0.4 is 10.6 Å². The maximum Gasteiger partial charge on any atom is 0.330 e. The van der Waals surface area contributed by atoms with Gasteiger partial charge in [-0.1, -0.05) is 42.5 Å². The molecule has 1 fully saturated rings. The van der Waals surface area contributed by atoms with Gasteiger partial charge in [0, 0.05) is 12.6 Å². The van der Waals surface area contributed by atoms with E-state index < -0.39 is 53.7 Å². The van der Waals surface area contributed by atoms with Crippen molar-refractivity contribution in [3.8, 4) is 0 Å². The van der Waals surface area contributed by atoms with Crippen LogP contribution in [0.4, 0.5) is 4.79 Å². The summed E-state index contributed by atoms with van der Waals surface area (Å²) in [6.45, 7) is 1.39. The molecule has 1 saturated heterocycles. The molecule has 9 heteroatoms. The molecule has 9 nitrogen and oxygen atoms in total. The number of benzene rings is 1. The number of nitrogens with one attached hydrogen (secondary N) is 2. The lowest BCUT2D eigenvalue weighted by molar-refractivity contribution is -0.165. The van der Waals surface area contributed by atoms with Crippen molar-refractivity contribution in [2.45, 2.75) is 31.9 Å². The van der Waals surface area contributed by atoms with Gasteiger partial charge in [-0.2, -0.15) is 0 Å². The van der Waals surface area contributed by atoms with Gasteiger partial charge in [-0.15, -0.1) is 0 Å². The quantitative estimate of drug-likeness (QED) is 0.423. The zero-order valence-electron chi connectivity index (χ0n) is 16.7. The minimum Gasteiger partial charge on any atom is -0.446 e. The van der Waals surface area contributed by atoms with Gasteiger partial charge in [-0.05, 0) is 19.8 Å². The number of urea groups is 1. The van der Waals surface area contributed by atoms with E-state index in [0.717, 1.165) is 4.90 Å². The number of hydrogen-bond acceptors (Lipinski definition) is 6. The van der Waals surface area contributed by atoms with Gasteiger partial charge in [0.25, 0.3) is 5.91 Å². The van der Waals surface area contributed by atoms with Gasteiger partial charge >= 0.3 is 12.0 Å². The van der Waals surface area contributed by atoms with Crippen LogP contribution in [-0.4, -0.2) is 47.7 Å². The molecule has 1 aliphatic heterocycles. The van der Waals surface area contributed by atoms with E-state index in [0.29, 0.717) is 18.4 Å². The second kappa shape index (κ2) is 8.89. The van der Waals surface area contributed by atoms with E-state index in [-0.39, 0.29) is 0 Å². The summed E-state index contributed by atoms with van der Waals surface area (Å²) in [6, 6.07) is 6.20. The summed E-state index contributed by atoms with van der Waals surface area (Å²) < 4.78 is 5.38. The van der Waals surface area contributed by atoms with Gasteiger partial charge in [0.1, 0.15) is 6.04 Å². The fraction of sp³-hybridized carbons (Fsp3) is 0.381. The highest BCUT2D eigenvalue weighted by Crippen LogP contribution is 2.36. The van der Waals surface area contributed by atoms with Gasteiger partial charge in [0.2, 0.25) is 17.9 Å². The lowest BCUT2D eigenvalue weighted by atomic mass is 9.85. The summed E-state index contributed by atoms with van der Waals surface area (Å²) in [7, 11) is 1.34. The number of amides is 5. The minimum absolute atomic E-state index is 0.344. The molecule has 2 aliphatic rings. The highest BCUT2D eigenvalue weighted by Gasteiger charge is 2.50. The van der Waals surface area contributed by atoms with Crippen molar-refractivity contribution in [3.63, 3.8) is 0 Å². The molecule has 0 unspecified atom stereocenters. The van der Waals surface area contributed by atoms with Crippen molar-refractivity contribution in [2.75, 3.05) is 7.05 Å². The first-order chi connectivity index (χ1) is 14.3. The van der Waals surface area contributed by atoms with Crippen LogP contribution in [0.25, 0.3) is 0 Å². The van der Waals surface area contributed by atoms with Crippen LogP contribution in [0.3, 0.4) is 0 Å². The van der Waals surface area contributed by atoms with Crippen LogP contribution in [0.2, 0.25) is 0 Å². The van der Waals surface area contributed by atoms with Gasteiger partial charge in [0.05, 0.1) is 11.8 Å². The molecule has 0 spiro atoms. The van der Waals surface area contributed by atoms with E-state index in [9.17, 15) is 24.0 Å². The predicted octanol–water partition coefficient (Wildman–Crippen LogP) is 1.07. The molecule has 0 saturated carbocycles. The normalized spacial score (nSPS) is 22.1. The summed E-state index contributed by atoms with van der Waals surface area (Å²) in [5, 5.41) is 4.33. The van der Waals surface area contributed by atoms with Crippen LogP contribution in [0.1, 0.15) is 31.4 Å². The first-order valence-corrected chi connectivity index (χ1v) is 9.65. The maximum absolute atomic E-state index is 12.8. The molecule has 5 amide bonds. The molecule has 1 aromatic rings. The van der Waals surface area contributed by atoms with Crippen molar-refractivity contribution >= 4 is 29.7 Å². The van der Waals surface area contributed by atoms with E-state index in [4.69, 9.17) is 4.74 Å². The number of ether oxygens (including phenoxy) is 1. The number of allylic oxidation sites excluding steroid dienone is 2.